The molecule has 1 aromatic carbocycles. The van der Waals surface area contributed by atoms with Crippen molar-refractivity contribution in [3.8, 4) is 0 Å². The quantitative estimate of drug-likeness (QED) is 0.879. The lowest BCUT2D eigenvalue weighted by Crippen LogP contribution is -2.45. The summed E-state index contributed by atoms with van der Waals surface area (Å²) in [4.78, 5) is 11.9. The fourth-order valence-corrected chi connectivity index (χ4v) is 2.13. The smallest absolute Gasteiger partial charge is 0.253 e. The Morgan fingerprint density at radius 1 is 1.50 bits per heavy atom. The van der Waals surface area contributed by atoms with Crippen LogP contribution in [0.15, 0.2) is 18.2 Å². The molecule has 1 aliphatic rings. The van der Waals surface area contributed by atoms with E-state index in [0.29, 0.717) is 0 Å². The number of carbonyl (C=O) groups is 1. The van der Waals surface area contributed by atoms with E-state index in [4.69, 9.17) is 11.6 Å². The first-order valence-corrected chi connectivity index (χ1v) is 6.02. The summed E-state index contributed by atoms with van der Waals surface area (Å²) in [5.41, 5.74) is 0.192. The summed E-state index contributed by atoms with van der Waals surface area (Å²) < 4.78 is 13.2. The van der Waals surface area contributed by atoms with Crippen molar-refractivity contribution in [1.82, 2.24) is 10.6 Å². The van der Waals surface area contributed by atoms with Crippen LogP contribution < -0.4 is 10.6 Å². The van der Waals surface area contributed by atoms with Gasteiger partial charge < -0.3 is 10.6 Å². The lowest BCUT2D eigenvalue weighted by atomic mass is 10.1. The topological polar surface area (TPSA) is 41.1 Å². The average molecular weight is 293 g/mol. The number of piperidine rings is 1. The van der Waals surface area contributed by atoms with Crippen molar-refractivity contribution in [2.45, 2.75) is 18.9 Å². The van der Waals surface area contributed by atoms with Crippen LogP contribution in [0.1, 0.15) is 23.2 Å². The van der Waals surface area contributed by atoms with Gasteiger partial charge in [-0.3, -0.25) is 4.79 Å². The second-order valence-corrected chi connectivity index (χ2v) is 4.50. The highest BCUT2D eigenvalue weighted by Gasteiger charge is 2.18. The first kappa shape index (κ1) is 15.2. The fraction of sp³-hybridized carbons (Fsp3) is 0.417. The minimum Gasteiger partial charge on any atom is -0.348 e. The molecule has 18 heavy (non-hydrogen) atoms. The number of halogens is 3. The van der Waals surface area contributed by atoms with E-state index in [1.807, 2.05) is 0 Å². The highest BCUT2D eigenvalue weighted by molar-refractivity contribution is 6.34. The number of carbonyl (C=O) groups excluding carboxylic acids is 1. The zero-order chi connectivity index (χ0) is 12.3. The van der Waals surface area contributed by atoms with Crippen LogP contribution >= 0.6 is 24.0 Å². The molecule has 1 heterocycles. The molecule has 6 heteroatoms. The van der Waals surface area contributed by atoms with Crippen molar-refractivity contribution < 1.29 is 9.18 Å². The summed E-state index contributed by atoms with van der Waals surface area (Å²) in [5, 5.41) is 5.93. The third-order valence-electron chi connectivity index (χ3n) is 2.83. The van der Waals surface area contributed by atoms with Crippen LogP contribution in [0.5, 0.6) is 0 Å². The molecule has 0 saturated carbocycles. The first-order valence-electron chi connectivity index (χ1n) is 5.64. The number of hydrogen-bond acceptors (Lipinski definition) is 2. The Morgan fingerprint density at radius 3 is 2.94 bits per heavy atom. The Balaban J connectivity index is 0.00000162. The van der Waals surface area contributed by atoms with Gasteiger partial charge in [0.25, 0.3) is 5.91 Å². The standard InChI is InChI=1S/C12H14ClFN2O.ClH/c13-11-9(4-1-5-10(11)14)12(17)16-8-3-2-6-15-7-8;/h1,4-5,8,15H,2-3,6-7H2,(H,16,17);1H/t8-;/m1./s1. The predicted molar refractivity (Wildman–Crippen MR) is 72.0 cm³/mol. The molecule has 0 aromatic heterocycles. The van der Waals surface area contributed by atoms with E-state index in [2.05, 4.69) is 10.6 Å². The monoisotopic (exact) mass is 292 g/mol. The van der Waals surface area contributed by atoms with E-state index in [1.165, 1.54) is 18.2 Å². The van der Waals surface area contributed by atoms with E-state index >= 15 is 0 Å². The van der Waals surface area contributed by atoms with Gasteiger partial charge in [0.05, 0.1) is 10.6 Å². The molecule has 1 aromatic rings. The van der Waals surface area contributed by atoms with Crippen LogP contribution in [0.3, 0.4) is 0 Å². The average Bonchev–Trinajstić information content (AvgIpc) is 2.34. The summed E-state index contributed by atoms with van der Waals surface area (Å²) in [6.07, 6.45) is 1.97. The van der Waals surface area contributed by atoms with Gasteiger partial charge in [-0.2, -0.15) is 0 Å². The van der Waals surface area contributed by atoms with Gasteiger partial charge in [0.2, 0.25) is 0 Å². The van der Waals surface area contributed by atoms with Crippen molar-refractivity contribution in [2.24, 2.45) is 0 Å². The number of amides is 1. The maximum Gasteiger partial charge on any atom is 0.253 e. The maximum absolute atomic E-state index is 13.2. The molecule has 2 N–H and O–H groups in total. The Labute approximate surface area is 116 Å². The summed E-state index contributed by atoms with van der Waals surface area (Å²) in [7, 11) is 0. The SMILES string of the molecule is Cl.O=C(N[C@@H]1CCCNC1)c1cccc(F)c1Cl. The molecule has 0 radical (unpaired) electrons. The molecule has 100 valence electrons. The third-order valence-corrected chi connectivity index (χ3v) is 3.21. The molecule has 1 saturated heterocycles. The molecule has 0 unspecified atom stereocenters. The van der Waals surface area contributed by atoms with Crippen LogP contribution in [0.25, 0.3) is 0 Å². The highest BCUT2D eigenvalue weighted by Crippen LogP contribution is 2.19. The van der Waals surface area contributed by atoms with Crippen LogP contribution in [-0.2, 0) is 0 Å². The Bertz CT molecular complexity index is 423. The zero-order valence-corrected chi connectivity index (χ0v) is 11.3. The lowest BCUT2D eigenvalue weighted by molar-refractivity contribution is 0.0930. The number of nitrogens with one attached hydrogen (secondary N) is 2. The minimum absolute atomic E-state index is 0. The molecule has 3 nitrogen and oxygen atoms in total. The first-order chi connectivity index (χ1) is 8.18. The third kappa shape index (κ3) is 3.57. The van der Waals surface area contributed by atoms with Crippen LogP contribution in [0.2, 0.25) is 5.02 Å². The van der Waals surface area contributed by atoms with Crippen LogP contribution in [0, 0.1) is 5.82 Å². The van der Waals surface area contributed by atoms with Crippen molar-refractivity contribution in [3.05, 3.63) is 34.6 Å². The molecular formula is C12H15Cl2FN2O. The highest BCUT2D eigenvalue weighted by atomic mass is 35.5. The van der Waals surface area contributed by atoms with Crippen LogP contribution in [-0.4, -0.2) is 25.0 Å². The largest absolute Gasteiger partial charge is 0.348 e. The van der Waals surface area contributed by atoms with Gasteiger partial charge in [-0.25, -0.2) is 4.39 Å². The Kier molecular flexibility index (Phi) is 5.85. The van der Waals surface area contributed by atoms with E-state index in [9.17, 15) is 9.18 Å². The molecule has 0 bridgehead atoms. The molecular weight excluding hydrogens is 278 g/mol. The van der Waals surface area contributed by atoms with Gasteiger partial charge >= 0.3 is 0 Å². The molecule has 1 amide bonds. The van der Waals surface area contributed by atoms with E-state index in [-0.39, 0.29) is 34.9 Å². The van der Waals surface area contributed by atoms with Gasteiger partial charge in [0.1, 0.15) is 5.82 Å². The number of benzene rings is 1. The molecule has 1 fully saturated rings. The predicted octanol–water partition coefficient (Wildman–Crippen LogP) is 2.38. The van der Waals surface area contributed by atoms with Gasteiger partial charge in [-0.1, -0.05) is 17.7 Å². The zero-order valence-electron chi connectivity index (χ0n) is 9.71. The number of hydrogen-bond donors (Lipinski definition) is 2. The minimum atomic E-state index is -0.568. The molecule has 2 rings (SSSR count). The molecule has 1 atom stereocenters. The van der Waals surface area contributed by atoms with Crippen molar-refractivity contribution in [2.75, 3.05) is 13.1 Å². The van der Waals surface area contributed by atoms with Crippen molar-refractivity contribution >= 4 is 29.9 Å². The molecule has 1 aliphatic heterocycles. The van der Waals surface area contributed by atoms with Crippen LogP contribution in [0.4, 0.5) is 4.39 Å². The van der Waals surface area contributed by atoms with Gasteiger partial charge in [-0.05, 0) is 31.5 Å². The Hall–Kier alpha value is -0.840. The van der Waals surface area contributed by atoms with E-state index in [1.54, 1.807) is 0 Å². The second kappa shape index (κ2) is 6.92. The van der Waals surface area contributed by atoms with Gasteiger partial charge in [0, 0.05) is 12.6 Å². The molecule has 0 spiro atoms. The van der Waals surface area contributed by atoms with E-state index < -0.39 is 5.82 Å². The summed E-state index contributed by atoms with van der Waals surface area (Å²) >= 11 is 5.75. The van der Waals surface area contributed by atoms with E-state index in [0.717, 1.165) is 25.9 Å². The van der Waals surface area contributed by atoms with Gasteiger partial charge in [-0.15, -0.1) is 12.4 Å². The maximum atomic E-state index is 13.2. The van der Waals surface area contributed by atoms with Crippen molar-refractivity contribution in [3.63, 3.8) is 0 Å². The van der Waals surface area contributed by atoms with Crippen molar-refractivity contribution in [1.29, 1.82) is 0 Å². The number of rotatable bonds is 2. The molecule has 0 aliphatic carbocycles. The summed E-state index contributed by atoms with van der Waals surface area (Å²) in [6, 6.07) is 4.34. The Morgan fingerprint density at radius 2 is 2.28 bits per heavy atom. The fourth-order valence-electron chi connectivity index (χ4n) is 1.92. The summed E-state index contributed by atoms with van der Waals surface area (Å²) in [6.45, 7) is 1.73. The van der Waals surface area contributed by atoms with Gasteiger partial charge in [0.15, 0.2) is 0 Å². The lowest BCUT2D eigenvalue weighted by Gasteiger charge is -2.23. The summed E-state index contributed by atoms with van der Waals surface area (Å²) in [5.74, 6) is -0.885. The second-order valence-electron chi connectivity index (χ2n) is 4.12. The normalized spacial score (nSPS) is 18.9.